The van der Waals surface area contributed by atoms with E-state index in [1.54, 1.807) is 86.0 Å². The van der Waals surface area contributed by atoms with Gasteiger partial charge in [-0.1, -0.05) is 64.4 Å². The number of likely N-dealkylation sites (tertiary alicyclic amines) is 1. The number of amides is 6. The molecule has 264 valence electrons. The summed E-state index contributed by atoms with van der Waals surface area (Å²) in [6, 6.07) is 4.58. The fourth-order valence-corrected chi connectivity index (χ4v) is 5.83. The van der Waals surface area contributed by atoms with Crippen LogP contribution in [0.25, 0.3) is 0 Å². The van der Waals surface area contributed by atoms with Crippen molar-refractivity contribution in [2.45, 2.75) is 91.1 Å². The molecule has 2 fully saturated rings. The molecule has 0 spiro atoms. The first-order valence-corrected chi connectivity index (χ1v) is 16.4. The Hall–Kier alpha value is -4.49. The van der Waals surface area contributed by atoms with Gasteiger partial charge >= 0.3 is 6.09 Å². The molecule has 1 saturated carbocycles. The number of fused-ring (bicyclic) bond motifs is 1. The van der Waals surface area contributed by atoms with Crippen LogP contribution in [0.5, 0.6) is 0 Å². The molecule has 1 aliphatic carbocycles. The summed E-state index contributed by atoms with van der Waals surface area (Å²) < 4.78 is 5.20. The Morgan fingerprint density at radius 1 is 0.979 bits per heavy atom. The molecule has 3 rings (SSSR count). The number of benzene rings is 1. The number of Topliss-reactive ketones (excluding diaryl/α,β-unsaturated/α-hetero) is 1. The lowest BCUT2D eigenvalue weighted by Gasteiger charge is -2.36. The second-order valence-corrected chi connectivity index (χ2v) is 14.0. The minimum Gasteiger partial charge on any atom is -0.447 e. The van der Waals surface area contributed by atoms with Crippen LogP contribution in [0.3, 0.4) is 0 Å². The zero-order valence-corrected chi connectivity index (χ0v) is 29.1. The van der Waals surface area contributed by atoms with Crippen molar-refractivity contribution in [3.63, 3.8) is 0 Å². The van der Waals surface area contributed by atoms with Crippen LogP contribution in [0.1, 0.15) is 72.4 Å². The molecule has 6 atom stereocenters. The lowest BCUT2D eigenvalue weighted by atomic mass is 9.85. The van der Waals surface area contributed by atoms with Crippen LogP contribution in [0.2, 0.25) is 0 Å². The van der Waals surface area contributed by atoms with Gasteiger partial charge in [-0.15, -0.1) is 0 Å². The van der Waals surface area contributed by atoms with Crippen molar-refractivity contribution in [1.29, 1.82) is 0 Å². The van der Waals surface area contributed by atoms with Gasteiger partial charge in [0.25, 0.3) is 5.91 Å². The first kappa shape index (κ1) is 38.0. The standard InChI is InChI=1S/C34H50N6O8/c1-9-13-23(27(42)30(44)35-17-24(41)37-25(31(45)39(7)8)20-14-11-10-12-15-20)36-29(43)26-22-16-21(22)18-40(26)32(46)28(34(4,5)6)38-33(47)48-19(2)3/h10-12,14-15,19,21-23,25-26,28H,9,13,16-18H2,1-8H3,(H,35,44)(H,36,43)(H,37,41)(H,38,47)/t21-,22?,23-,25-,26-,28+/m0/s1. The minimum absolute atomic E-state index is 0.102. The van der Waals surface area contributed by atoms with Gasteiger partial charge < -0.3 is 35.8 Å². The summed E-state index contributed by atoms with van der Waals surface area (Å²) in [4.78, 5) is 94.4. The third-order valence-corrected chi connectivity index (χ3v) is 8.39. The number of ketones is 1. The molecule has 4 N–H and O–H groups in total. The maximum atomic E-state index is 13.8. The topological polar surface area (TPSA) is 183 Å². The van der Waals surface area contributed by atoms with Gasteiger partial charge in [-0.25, -0.2) is 4.79 Å². The number of nitrogens with one attached hydrogen (secondary N) is 4. The van der Waals surface area contributed by atoms with Crippen LogP contribution >= 0.6 is 0 Å². The lowest BCUT2D eigenvalue weighted by Crippen LogP contribution is -2.60. The van der Waals surface area contributed by atoms with E-state index in [1.807, 2.05) is 0 Å². The maximum absolute atomic E-state index is 13.8. The van der Waals surface area contributed by atoms with E-state index in [2.05, 4.69) is 21.3 Å². The lowest BCUT2D eigenvalue weighted by molar-refractivity contribution is -0.145. The van der Waals surface area contributed by atoms with Crippen LogP contribution < -0.4 is 21.3 Å². The van der Waals surface area contributed by atoms with Crippen molar-refractivity contribution in [3.05, 3.63) is 35.9 Å². The molecular weight excluding hydrogens is 620 g/mol. The normalized spacial score (nSPS) is 20.0. The molecule has 14 heteroatoms. The summed E-state index contributed by atoms with van der Waals surface area (Å²) in [6.07, 6.45) is 0.226. The summed E-state index contributed by atoms with van der Waals surface area (Å²) in [7, 11) is 3.11. The average molecular weight is 671 g/mol. The van der Waals surface area contributed by atoms with Crippen LogP contribution in [-0.2, 0) is 33.5 Å². The van der Waals surface area contributed by atoms with Gasteiger partial charge in [-0.3, -0.25) is 28.8 Å². The molecule has 2 aliphatic rings. The third kappa shape index (κ3) is 9.77. The number of carbonyl (C=O) groups is 7. The highest BCUT2D eigenvalue weighted by molar-refractivity contribution is 6.38. The van der Waals surface area contributed by atoms with Gasteiger partial charge in [0.1, 0.15) is 18.1 Å². The van der Waals surface area contributed by atoms with Crippen molar-refractivity contribution in [2.24, 2.45) is 17.3 Å². The van der Waals surface area contributed by atoms with E-state index < -0.39 is 77.7 Å². The third-order valence-electron chi connectivity index (χ3n) is 8.39. The molecule has 6 amide bonds. The van der Waals surface area contributed by atoms with Crippen molar-refractivity contribution in [1.82, 2.24) is 31.1 Å². The molecular formula is C34H50N6O8. The van der Waals surface area contributed by atoms with Crippen LogP contribution in [0.4, 0.5) is 4.79 Å². The molecule has 14 nitrogen and oxygen atoms in total. The predicted octanol–water partition coefficient (Wildman–Crippen LogP) is 1.30. The highest BCUT2D eigenvalue weighted by Crippen LogP contribution is 2.50. The fraction of sp³-hybridized carbons (Fsp3) is 0.618. The van der Waals surface area contributed by atoms with Crippen LogP contribution in [0.15, 0.2) is 30.3 Å². The Morgan fingerprint density at radius 3 is 2.19 bits per heavy atom. The number of ether oxygens (including phenoxy) is 1. The molecule has 1 aromatic carbocycles. The predicted molar refractivity (Wildman–Crippen MR) is 176 cm³/mol. The van der Waals surface area contributed by atoms with Gasteiger partial charge in [-0.05, 0) is 49.5 Å². The minimum atomic E-state index is -1.19. The average Bonchev–Trinajstić information content (AvgIpc) is 3.67. The van der Waals surface area contributed by atoms with Crippen LogP contribution in [-0.4, -0.2) is 103 Å². The van der Waals surface area contributed by atoms with Crippen molar-refractivity contribution in [2.75, 3.05) is 27.2 Å². The summed E-state index contributed by atoms with van der Waals surface area (Å²) in [6.45, 7) is 10.3. The van der Waals surface area contributed by atoms with Gasteiger partial charge in [0.15, 0.2) is 0 Å². The maximum Gasteiger partial charge on any atom is 0.408 e. The van der Waals surface area contributed by atoms with Gasteiger partial charge in [0.2, 0.25) is 29.4 Å². The van der Waals surface area contributed by atoms with Gasteiger partial charge in [0.05, 0.1) is 18.7 Å². The summed E-state index contributed by atoms with van der Waals surface area (Å²) >= 11 is 0. The van der Waals surface area contributed by atoms with Gasteiger partial charge in [-0.2, -0.15) is 0 Å². The number of rotatable bonds is 14. The number of carbonyl (C=O) groups excluding carboxylic acids is 7. The van der Waals surface area contributed by atoms with E-state index >= 15 is 0 Å². The second-order valence-electron chi connectivity index (χ2n) is 14.0. The van der Waals surface area contributed by atoms with E-state index in [-0.39, 0.29) is 24.2 Å². The molecule has 1 unspecified atom stereocenters. The number of alkyl carbamates (subject to hydrolysis) is 1. The van der Waals surface area contributed by atoms with E-state index in [4.69, 9.17) is 4.74 Å². The second kappa shape index (κ2) is 16.1. The number of nitrogens with zero attached hydrogens (tertiary/aromatic N) is 2. The molecule has 1 heterocycles. The number of likely N-dealkylation sites (N-methyl/N-ethyl adjacent to an activating group) is 1. The van der Waals surface area contributed by atoms with E-state index in [1.165, 1.54) is 9.80 Å². The summed E-state index contributed by atoms with van der Waals surface area (Å²) in [5.74, 6) is -4.03. The number of hydrogen-bond acceptors (Lipinski definition) is 8. The van der Waals surface area contributed by atoms with Crippen molar-refractivity contribution in [3.8, 4) is 0 Å². The smallest absolute Gasteiger partial charge is 0.408 e. The first-order chi connectivity index (χ1) is 22.5. The molecule has 0 bridgehead atoms. The Bertz CT molecular complexity index is 1380. The Morgan fingerprint density at radius 2 is 1.62 bits per heavy atom. The molecule has 0 radical (unpaired) electrons. The molecule has 48 heavy (non-hydrogen) atoms. The zero-order valence-electron chi connectivity index (χ0n) is 29.1. The van der Waals surface area contributed by atoms with Crippen molar-refractivity contribution >= 4 is 41.4 Å². The zero-order chi connectivity index (χ0) is 35.9. The molecule has 1 aliphatic heterocycles. The molecule has 0 aromatic heterocycles. The highest BCUT2D eigenvalue weighted by Gasteiger charge is 2.58. The van der Waals surface area contributed by atoms with E-state index in [9.17, 15) is 33.6 Å². The van der Waals surface area contributed by atoms with E-state index in [0.717, 1.165) is 6.42 Å². The number of piperidine rings is 1. The summed E-state index contributed by atoms with van der Waals surface area (Å²) in [5, 5.41) is 10.3. The number of hydrogen-bond donors (Lipinski definition) is 4. The van der Waals surface area contributed by atoms with Crippen molar-refractivity contribution < 1.29 is 38.3 Å². The SMILES string of the molecule is CCC[C@H](NC(=O)[C@@H]1C2C[C@H]2CN1C(=O)[C@@H](NC(=O)OC(C)C)C(C)(C)C)C(=O)C(=O)NCC(=O)N[C@H](C(=O)N(C)C)c1ccccc1. The molecule has 1 saturated heterocycles. The Kier molecular flexibility index (Phi) is 12.7. The van der Waals surface area contributed by atoms with E-state index in [0.29, 0.717) is 18.5 Å². The largest absolute Gasteiger partial charge is 0.447 e. The monoisotopic (exact) mass is 670 g/mol. The Balaban J connectivity index is 1.66. The first-order valence-electron chi connectivity index (χ1n) is 16.4. The highest BCUT2D eigenvalue weighted by atomic mass is 16.6. The Labute approximate surface area is 282 Å². The molecule has 1 aromatic rings. The van der Waals surface area contributed by atoms with Crippen LogP contribution in [0, 0.1) is 17.3 Å². The van der Waals surface area contributed by atoms with Gasteiger partial charge in [0, 0.05) is 20.6 Å². The summed E-state index contributed by atoms with van der Waals surface area (Å²) in [5.41, 5.74) is -0.151. The quantitative estimate of drug-likeness (QED) is 0.214. The fourth-order valence-electron chi connectivity index (χ4n) is 5.83.